The number of ether oxygens (including phenoxy) is 2. The third-order valence-electron chi connectivity index (χ3n) is 5.12. The van der Waals surface area contributed by atoms with E-state index in [0.29, 0.717) is 33.5 Å². The van der Waals surface area contributed by atoms with E-state index in [1.54, 1.807) is 29.9 Å². The van der Waals surface area contributed by atoms with E-state index in [-0.39, 0.29) is 24.3 Å². The van der Waals surface area contributed by atoms with Crippen LogP contribution in [0.1, 0.15) is 16.8 Å². The fourth-order valence-corrected chi connectivity index (χ4v) is 4.28. The second-order valence-electron chi connectivity index (χ2n) is 7.97. The van der Waals surface area contributed by atoms with E-state index in [2.05, 4.69) is 10.4 Å². The van der Waals surface area contributed by atoms with Crippen molar-refractivity contribution in [3.8, 4) is 22.8 Å². The number of nitrogens with two attached hydrogens (primary N) is 1. The number of hydrogen-bond acceptors (Lipinski definition) is 7. The number of carbonyl (C=O) groups excluding carboxylic acids is 1. The van der Waals surface area contributed by atoms with Crippen molar-refractivity contribution in [3.05, 3.63) is 59.0 Å². The number of aryl methyl sites for hydroxylation is 1. The van der Waals surface area contributed by atoms with Crippen LogP contribution in [0.15, 0.2) is 42.6 Å². The monoisotopic (exact) mass is 524 g/mol. The largest absolute Gasteiger partial charge is 0.497 e. The fraction of sp³-hybridized carbons (Fsp3) is 0.304. The third kappa shape index (κ3) is 6.93. The first-order valence-corrected chi connectivity index (χ1v) is 12.9. The SMILES string of the molecule is COc1ccc(C(=O)Nc2ccc(OC[C@H](N)CCS(C)(=O)=O)c(-c3c(Cl)cnn3C)c2)c(F)c1. The molecule has 0 spiro atoms. The number of carbonyl (C=O) groups is 1. The molecule has 3 aromatic rings. The van der Waals surface area contributed by atoms with Crippen LogP contribution in [0.25, 0.3) is 11.3 Å². The average Bonchev–Trinajstić information content (AvgIpc) is 3.13. The van der Waals surface area contributed by atoms with Crippen LogP contribution in [0.2, 0.25) is 5.02 Å². The van der Waals surface area contributed by atoms with E-state index < -0.39 is 27.6 Å². The van der Waals surface area contributed by atoms with E-state index in [0.717, 1.165) is 12.3 Å². The van der Waals surface area contributed by atoms with Gasteiger partial charge in [0.15, 0.2) is 0 Å². The molecule has 0 fully saturated rings. The summed E-state index contributed by atoms with van der Waals surface area (Å²) in [4.78, 5) is 12.7. The minimum absolute atomic E-state index is 0.0508. The topological polar surface area (TPSA) is 126 Å². The molecule has 0 radical (unpaired) electrons. The molecule has 0 aliphatic rings. The van der Waals surface area contributed by atoms with Crippen LogP contribution < -0.4 is 20.5 Å². The highest BCUT2D eigenvalue weighted by Gasteiger charge is 2.19. The van der Waals surface area contributed by atoms with Crippen molar-refractivity contribution in [2.45, 2.75) is 12.5 Å². The molecule has 0 bridgehead atoms. The van der Waals surface area contributed by atoms with Crippen molar-refractivity contribution in [1.82, 2.24) is 9.78 Å². The van der Waals surface area contributed by atoms with Crippen LogP contribution in [0, 0.1) is 5.82 Å². The molecule has 1 aromatic heterocycles. The molecule has 35 heavy (non-hydrogen) atoms. The number of anilines is 1. The molecule has 9 nitrogen and oxygen atoms in total. The molecular weight excluding hydrogens is 499 g/mol. The summed E-state index contributed by atoms with van der Waals surface area (Å²) in [5.74, 6) is -0.726. The summed E-state index contributed by atoms with van der Waals surface area (Å²) in [5, 5.41) is 7.16. The number of benzene rings is 2. The number of methoxy groups -OCH3 is 1. The molecule has 12 heteroatoms. The quantitative estimate of drug-likeness (QED) is 0.417. The second-order valence-corrected chi connectivity index (χ2v) is 10.6. The molecule has 0 saturated carbocycles. The van der Waals surface area contributed by atoms with Crippen LogP contribution in [0.3, 0.4) is 0 Å². The third-order valence-corrected chi connectivity index (χ3v) is 6.37. The fourth-order valence-electron chi connectivity index (χ4n) is 3.28. The molecule has 2 aromatic carbocycles. The van der Waals surface area contributed by atoms with Crippen molar-refractivity contribution in [1.29, 1.82) is 0 Å². The lowest BCUT2D eigenvalue weighted by molar-refractivity contribution is 0.102. The first kappa shape index (κ1) is 26.5. The Bertz CT molecular complexity index is 1310. The molecule has 0 unspecified atom stereocenters. The zero-order chi connectivity index (χ0) is 25.8. The van der Waals surface area contributed by atoms with Gasteiger partial charge in [0.2, 0.25) is 0 Å². The minimum Gasteiger partial charge on any atom is -0.497 e. The van der Waals surface area contributed by atoms with Gasteiger partial charge in [0.05, 0.1) is 35.3 Å². The number of nitrogens with one attached hydrogen (secondary N) is 1. The second kappa shape index (κ2) is 11.1. The number of nitrogens with zero attached hydrogens (tertiary/aromatic N) is 2. The lowest BCUT2D eigenvalue weighted by Crippen LogP contribution is -2.30. The van der Waals surface area contributed by atoms with Gasteiger partial charge in [-0.25, -0.2) is 12.8 Å². The zero-order valence-electron chi connectivity index (χ0n) is 19.4. The average molecular weight is 525 g/mol. The number of hydrogen-bond donors (Lipinski definition) is 2. The summed E-state index contributed by atoms with van der Waals surface area (Å²) >= 11 is 6.34. The highest BCUT2D eigenvalue weighted by Crippen LogP contribution is 2.37. The smallest absolute Gasteiger partial charge is 0.258 e. The Kier molecular flexibility index (Phi) is 8.36. The molecule has 0 aliphatic heterocycles. The van der Waals surface area contributed by atoms with Crippen molar-refractivity contribution >= 4 is 33.0 Å². The summed E-state index contributed by atoms with van der Waals surface area (Å²) in [7, 11) is -0.0428. The Morgan fingerprint density at radius 3 is 2.63 bits per heavy atom. The maximum atomic E-state index is 14.3. The van der Waals surface area contributed by atoms with Gasteiger partial charge in [0, 0.05) is 36.7 Å². The number of halogens is 2. The van der Waals surface area contributed by atoms with Crippen LogP contribution in [-0.4, -0.2) is 55.9 Å². The summed E-state index contributed by atoms with van der Waals surface area (Å²) < 4.78 is 49.5. The van der Waals surface area contributed by atoms with Crippen molar-refractivity contribution in [2.24, 2.45) is 12.8 Å². The Labute approximate surface area is 207 Å². The predicted octanol–water partition coefficient (Wildman–Crippen LogP) is 3.28. The molecule has 3 N–H and O–H groups in total. The minimum atomic E-state index is -3.14. The summed E-state index contributed by atoms with van der Waals surface area (Å²) in [6, 6.07) is 8.25. The van der Waals surface area contributed by atoms with Crippen molar-refractivity contribution < 1.29 is 27.1 Å². The normalized spacial score (nSPS) is 12.3. The van der Waals surface area contributed by atoms with Gasteiger partial charge < -0.3 is 20.5 Å². The first-order valence-electron chi connectivity index (χ1n) is 10.5. The molecule has 1 atom stereocenters. The van der Waals surface area contributed by atoms with Gasteiger partial charge in [-0.05, 0) is 36.8 Å². The van der Waals surface area contributed by atoms with Crippen LogP contribution in [0.4, 0.5) is 10.1 Å². The van der Waals surface area contributed by atoms with Gasteiger partial charge in [0.25, 0.3) is 5.91 Å². The Morgan fingerprint density at radius 1 is 1.29 bits per heavy atom. The highest BCUT2D eigenvalue weighted by atomic mass is 35.5. The van der Waals surface area contributed by atoms with Crippen LogP contribution >= 0.6 is 11.6 Å². The van der Waals surface area contributed by atoms with Crippen molar-refractivity contribution in [2.75, 3.05) is 31.0 Å². The standard InChI is InChI=1S/C23H26ClFN4O5S/c1-29-22(19(24)12-27-29)18-10-15(28-23(30)17-6-5-16(33-2)11-20(17)25)4-7-21(18)34-13-14(26)8-9-35(3,31)32/h4-7,10-12,14H,8-9,13,26H2,1-3H3,(H,28,30)/t14-/m1/s1. The molecule has 0 aliphatic carbocycles. The lowest BCUT2D eigenvalue weighted by atomic mass is 10.1. The van der Waals surface area contributed by atoms with E-state index in [1.165, 1.54) is 25.4 Å². The van der Waals surface area contributed by atoms with E-state index in [1.807, 2.05) is 0 Å². The summed E-state index contributed by atoms with van der Waals surface area (Å²) in [5.41, 5.74) is 7.27. The summed E-state index contributed by atoms with van der Waals surface area (Å²) in [6.07, 6.45) is 2.85. The van der Waals surface area contributed by atoms with Gasteiger partial charge >= 0.3 is 0 Å². The van der Waals surface area contributed by atoms with Crippen LogP contribution in [0.5, 0.6) is 11.5 Å². The number of aromatic nitrogens is 2. The maximum Gasteiger partial charge on any atom is 0.258 e. The predicted molar refractivity (Wildman–Crippen MR) is 132 cm³/mol. The van der Waals surface area contributed by atoms with Gasteiger partial charge in [-0.15, -0.1) is 0 Å². The van der Waals surface area contributed by atoms with Gasteiger partial charge in [-0.1, -0.05) is 11.6 Å². The maximum absolute atomic E-state index is 14.3. The highest BCUT2D eigenvalue weighted by molar-refractivity contribution is 7.90. The lowest BCUT2D eigenvalue weighted by Gasteiger charge is -2.17. The van der Waals surface area contributed by atoms with Crippen molar-refractivity contribution in [3.63, 3.8) is 0 Å². The van der Waals surface area contributed by atoms with E-state index in [4.69, 9.17) is 26.8 Å². The Balaban J connectivity index is 1.86. The molecule has 0 saturated heterocycles. The van der Waals surface area contributed by atoms with Gasteiger partial charge in [0.1, 0.15) is 33.8 Å². The zero-order valence-corrected chi connectivity index (χ0v) is 21.0. The Hall–Kier alpha value is -3.15. The van der Waals surface area contributed by atoms with Gasteiger partial charge in [-0.2, -0.15) is 5.10 Å². The summed E-state index contributed by atoms with van der Waals surface area (Å²) in [6.45, 7) is 0.0563. The van der Waals surface area contributed by atoms with E-state index >= 15 is 0 Å². The van der Waals surface area contributed by atoms with Gasteiger partial charge in [-0.3, -0.25) is 9.48 Å². The Morgan fingerprint density at radius 2 is 2.03 bits per heavy atom. The molecule has 188 valence electrons. The number of amides is 1. The number of rotatable bonds is 10. The molecular formula is C23H26ClFN4O5S. The molecule has 3 rings (SSSR count). The molecule has 1 heterocycles. The van der Waals surface area contributed by atoms with E-state index in [9.17, 15) is 17.6 Å². The number of sulfone groups is 1. The molecule has 1 amide bonds. The first-order chi connectivity index (χ1) is 16.5. The van der Waals surface area contributed by atoms with Crippen LogP contribution in [-0.2, 0) is 16.9 Å².